The topological polar surface area (TPSA) is 48.4 Å². The minimum Gasteiger partial charge on any atom is -0.481 e. The largest absolute Gasteiger partial charge is 0.481 e. The molecule has 0 fully saturated rings. The van der Waals surface area contributed by atoms with Crippen molar-refractivity contribution < 1.29 is 23.0 Å². The van der Waals surface area contributed by atoms with Crippen LogP contribution in [0, 0.1) is 0 Å². The van der Waals surface area contributed by atoms with Crippen molar-refractivity contribution in [2.24, 2.45) is 0 Å². The van der Waals surface area contributed by atoms with E-state index >= 15 is 0 Å². The van der Waals surface area contributed by atoms with Crippen LogP contribution in [0.2, 0.25) is 0 Å². The van der Waals surface area contributed by atoms with Crippen LogP contribution in [0.1, 0.15) is 23.1 Å². The van der Waals surface area contributed by atoms with Crippen LogP contribution in [0.25, 0.3) is 0 Å². The second-order valence-corrected chi connectivity index (χ2v) is 3.64. The maximum Gasteiger partial charge on any atom is 0.310 e. The fourth-order valence-electron chi connectivity index (χ4n) is 1.53. The average Bonchev–Trinajstić information content (AvgIpc) is 2.37. The molecule has 1 aromatic rings. The first-order valence-electron chi connectivity index (χ1n) is 5.00. The number of aromatic nitrogens is 1. The van der Waals surface area contributed by atoms with Crippen molar-refractivity contribution in [1.82, 2.24) is 4.98 Å². The van der Waals surface area contributed by atoms with Crippen molar-refractivity contribution in [2.75, 3.05) is 14.2 Å². The molecule has 0 bridgehead atoms. The third kappa shape index (κ3) is 3.07. The van der Waals surface area contributed by atoms with E-state index in [1.807, 2.05) is 0 Å². The number of carbonyl (C=O) groups is 1. The summed E-state index contributed by atoms with van der Waals surface area (Å²) in [6, 6.07) is 0. The molecular weight excluding hydrogens is 268 g/mol. The zero-order valence-corrected chi connectivity index (χ0v) is 10.6. The molecule has 0 N–H and O–H groups in total. The highest BCUT2D eigenvalue weighted by atomic mass is 35.5. The zero-order valence-electron chi connectivity index (χ0n) is 9.87. The van der Waals surface area contributed by atoms with Gasteiger partial charge in [-0.25, -0.2) is 13.8 Å². The van der Waals surface area contributed by atoms with E-state index in [0.717, 1.165) is 0 Å². The van der Waals surface area contributed by atoms with Gasteiger partial charge in [-0.05, 0) is 5.56 Å². The highest BCUT2D eigenvalue weighted by Crippen LogP contribution is 2.32. The Labute approximate surface area is 108 Å². The molecule has 1 heterocycles. The Hall–Kier alpha value is -1.43. The molecule has 0 aliphatic heterocycles. The molecule has 1 aromatic heterocycles. The van der Waals surface area contributed by atoms with E-state index in [1.54, 1.807) is 0 Å². The first-order chi connectivity index (χ1) is 8.54. The van der Waals surface area contributed by atoms with Crippen molar-refractivity contribution in [3.05, 3.63) is 22.9 Å². The molecule has 0 radical (unpaired) electrons. The van der Waals surface area contributed by atoms with Gasteiger partial charge < -0.3 is 9.47 Å². The second kappa shape index (κ2) is 6.49. The predicted octanol–water partition coefficient (Wildman–Crippen LogP) is 2.48. The Balaban J connectivity index is 3.35. The van der Waals surface area contributed by atoms with Crippen molar-refractivity contribution in [3.8, 4) is 5.88 Å². The second-order valence-electron chi connectivity index (χ2n) is 3.37. The maximum absolute atomic E-state index is 13.1. The third-order valence-electron chi connectivity index (χ3n) is 2.37. The van der Waals surface area contributed by atoms with Gasteiger partial charge in [0.05, 0.1) is 20.6 Å². The molecule has 0 saturated carbocycles. The first kappa shape index (κ1) is 14.6. The van der Waals surface area contributed by atoms with Gasteiger partial charge in [-0.3, -0.25) is 4.79 Å². The molecule has 18 heavy (non-hydrogen) atoms. The maximum atomic E-state index is 13.1. The van der Waals surface area contributed by atoms with Crippen LogP contribution in [0.15, 0.2) is 6.20 Å². The van der Waals surface area contributed by atoms with Crippen LogP contribution in [0.4, 0.5) is 8.78 Å². The molecule has 0 aromatic carbocycles. The van der Waals surface area contributed by atoms with Crippen LogP contribution in [0.5, 0.6) is 5.88 Å². The Bertz CT molecular complexity index is 441. The standard InChI is InChI=1S/C11H12ClF2NO3/c1-17-8(16)3-7-9(10(13)14)6(4-12)5-15-11(7)18-2/h5,10H,3-4H2,1-2H3. The van der Waals surface area contributed by atoms with E-state index in [2.05, 4.69) is 9.72 Å². The minimum absolute atomic E-state index is 0.0116. The lowest BCUT2D eigenvalue weighted by Gasteiger charge is -2.14. The lowest BCUT2D eigenvalue weighted by atomic mass is 10.0. The number of pyridine rings is 1. The molecule has 100 valence electrons. The summed E-state index contributed by atoms with van der Waals surface area (Å²) in [6.07, 6.45) is -1.89. The molecular formula is C11H12ClF2NO3. The monoisotopic (exact) mass is 279 g/mol. The van der Waals surface area contributed by atoms with Crippen molar-refractivity contribution in [1.29, 1.82) is 0 Å². The van der Waals surface area contributed by atoms with Crippen molar-refractivity contribution in [2.45, 2.75) is 18.7 Å². The Morgan fingerprint density at radius 3 is 2.61 bits per heavy atom. The van der Waals surface area contributed by atoms with Gasteiger partial charge in [-0.15, -0.1) is 11.6 Å². The molecule has 7 heteroatoms. The average molecular weight is 280 g/mol. The zero-order chi connectivity index (χ0) is 13.7. The number of methoxy groups -OCH3 is 2. The van der Waals surface area contributed by atoms with Crippen LogP contribution in [0.3, 0.4) is 0 Å². The van der Waals surface area contributed by atoms with Crippen LogP contribution >= 0.6 is 11.6 Å². The van der Waals surface area contributed by atoms with Crippen LogP contribution in [-0.4, -0.2) is 25.2 Å². The fourth-order valence-corrected chi connectivity index (χ4v) is 1.75. The molecule has 4 nitrogen and oxygen atoms in total. The lowest BCUT2D eigenvalue weighted by Crippen LogP contribution is -2.11. The highest BCUT2D eigenvalue weighted by molar-refractivity contribution is 6.17. The normalized spacial score (nSPS) is 10.6. The number of rotatable bonds is 5. The van der Waals surface area contributed by atoms with Gasteiger partial charge in [0, 0.05) is 23.2 Å². The molecule has 1 rings (SSSR count). The highest BCUT2D eigenvalue weighted by Gasteiger charge is 2.24. The van der Waals surface area contributed by atoms with Gasteiger partial charge in [0.1, 0.15) is 0 Å². The first-order valence-corrected chi connectivity index (χ1v) is 5.54. The van der Waals surface area contributed by atoms with E-state index in [4.69, 9.17) is 16.3 Å². The summed E-state index contributed by atoms with van der Waals surface area (Å²) in [5.41, 5.74) is -0.133. The summed E-state index contributed by atoms with van der Waals surface area (Å²) >= 11 is 5.58. The number of nitrogens with zero attached hydrogens (tertiary/aromatic N) is 1. The number of hydrogen-bond acceptors (Lipinski definition) is 4. The molecule has 0 atom stereocenters. The van der Waals surface area contributed by atoms with Gasteiger partial charge in [-0.2, -0.15) is 0 Å². The Morgan fingerprint density at radius 2 is 2.17 bits per heavy atom. The Morgan fingerprint density at radius 1 is 1.50 bits per heavy atom. The molecule has 0 saturated heterocycles. The van der Waals surface area contributed by atoms with E-state index in [-0.39, 0.29) is 34.9 Å². The van der Waals surface area contributed by atoms with Crippen LogP contribution < -0.4 is 4.74 Å². The third-order valence-corrected chi connectivity index (χ3v) is 2.66. The van der Waals surface area contributed by atoms with E-state index in [0.29, 0.717) is 0 Å². The quantitative estimate of drug-likeness (QED) is 0.614. The summed E-state index contributed by atoms with van der Waals surface area (Å²) in [5.74, 6) is -0.793. The van der Waals surface area contributed by atoms with Gasteiger partial charge >= 0.3 is 5.97 Å². The minimum atomic E-state index is -2.77. The number of hydrogen-bond donors (Lipinski definition) is 0. The molecule has 0 spiro atoms. The number of alkyl halides is 3. The summed E-state index contributed by atoms with van der Waals surface area (Å²) < 4.78 is 35.5. The molecule has 0 aliphatic rings. The Kier molecular flexibility index (Phi) is 5.27. The predicted molar refractivity (Wildman–Crippen MR) is 61.0 cm³/mol. The summed E-state index contributed by atoms with van der Waals surface area (Å²) in [7, 11) is 2.47. The van der Waals surface area contributed by atoms with Gasteiger partial charge in [0.25, 0.3) is 6.43 Å². The van der Waals surface area contributed by atoms with Crippen molar-refractivity contribution in [3.63, 3.8) is 0 Å². The molecule has 0 unspecified atom stereocenters. The van der Waals surface area contributed by atoms with Gasteiger partial charge in [0.15, 0.2) is 0 Å². The summed E-state index contributed by atoms with van der Waals surface area (Å²) in [5, 5.41) is 0. The van der Waals surface area contributed by atoms with E-state index in [9.17, 15) is 13.6 Å². The number of halogens is 3. The number of esters is 1. The lowest BCUT2D eigenvalue weighted by molar-refractivity contribution is -0.139. The number of carbonyl (C=O) groups excluding carboxylic acids is 1. The summed E-state index contributed by atoms with van der Waals surface area (Å²) in [6.45, 7) is 0. The van der Waals surface area contributed by atoms with E-state index < -0.39 is 12.4 Å². The SMILES string of the molecule is COC(=O)Cc1c(OC)ncc(CCl)c1C(F)F. The summed E-state index contributed by atoms with van der Waals surface area (Å²) in [4.78, 5) is 15.1. The van der Waals surface area contributed by atoms with Gasteiger partial charge in [0.2, 0.25) is 5.88 Å². The fraction of sp³-hybridized carbons (Fsp3) is 0.455. The smallest absolute Gasteiger partial charge is 0.310 e. The van der Waals surface area contributed by atoms with Gasteiger partial charge in [-0.1, -0.05) is 0 Å². The molecule has 0 aliphatic carbocycles. The number of ether oxygens (including phenoxy) is 2. The van der Waals surface area contributed by atoms with Crippen LogP contribution in [-0.2, 0) is 21.8 Å². The van der Waals surface area contributed by atoms with E-state index in [1.165, 1.54) is 20.4 Å². The van der Waals surface area contributed by atoms with Crippen molar-refractivity contribution >= 4 is 17.6 Å². The molecule has 0 amide bonds.